The predicted molar refractivity (Wildman–Crippen MR) is 68.9 cm³/mol. The second-order valence-electron chi connectivity index (χ2n) is 4.22. The summed E-state index contributed by atoms with van der Waals surface area (Å²) in [5, 5.41) is 9.09. The monoisotopic (exact) mass is 260 g/mol. The van der Waals surface area contributed by atoms with Gasteiger partial charge in [0.15, 0.2) is 0 Å². The third-order valence-corrected chi connectivity index (χ3v) is 2.65. The highest BCUT2D eigenvalue weighted by molar-refractivity contribution is 5.91. The molecule has 0 spiro atoms. The van der Waals surface area contributed by atoms with Crippen LogP contribution in [0, 0.1) is 12.7 Å². The van der Waals surface area contributed by atoms with Crippen LogP contribution in [0.25, 0.3) is 0 Å². The lowest BCUT2D eigenvalue weighted by molar-refractivity contribution is 0.0691. The molecule has 0 aliphatic rings. The number of rotatable bonds is 4. The Morgan fingerprint density at radius 3 is 2.74 bits per heavy atom. The molecule has 98 valence electrons. The first-order valence-electron chi connectivity index (χ1n) is 5.77. The van der Waals surface area contributed by atoms with Crippen LogP contribution < -0.4 is 4.74 Å². The second-order valence-corrected chi connectivity index (χ2v) is 4.22. The number of halogens is 1. The van der Waals surface area contributed by atoms with E-state index in [1.807, 2.05) is 6.92 Å². The summed E-state index contributed by atoms with van der Waals surface area (Å²) in [4.78, 5) is 11.1. The summed E-state index contributed by atoms with van der Waals surface area (Å²) in [6.45, 7) is 1.93. The van der Waals surface area contributed by atoms with Gasteiger partial charge in [0.05, 0.1) is 0 Å². The molecular formula is C15H13FO3. The molecule has 0 unspecified atom stereocenters. The molecular weight excluding hydrogens is 247 g/mol. The van der Waals surface area contributed by atoms with Crippen molar-refractivity contribution in [2.45, 2.75) is 13.5 Å². The third kappa shape index (κ3) is 3.31. The van der Waals surface area contributed by atoms with Crippen molar-refractivity contribution < 1.29 is 19.0 Å². The number of carboxylic acids is 1. The molecule has 0 amide bonds. The summed E-state index contributed by atoms with van der Waals surface area (Å²) in [7, 11) is 0. The summed E-state index contributed by atoms with van der Waals surface area (Å²) < 4.78 is 18.5. The maximum atomic E-state index is 13.0. The Bertz CT molecular complexity index is 608. The van der Waals surface area contributed by atoms with Crippen LogP contribution in [0.15, 0.2) is 42.5 Å². The largest absolute Gasteiger partial charge is 0.488 e. The highest BCUT2D eigenvalue weighted by Crippen LogP contribution is 2.21. The Labute approximate surface area is 110 Å². The van der Waals surface area contributed by atoms with Gasteiger partial charge in [0, 0.05) is 0 Å². The Kier molecular flexibility index (Phi) is 3.80. The van der Waals surface area contributed by atoms with E-state index in [1.54, 1.807) is 30.3 Å². The molecule has 0 bridgehead atoms. The molecule has 19 heavy (non-hydrogen) atoms. The van der Waals surface area contributed by atoms with Crippen molar-refractivity contribution in [3.63, 3.8) is 0 Å². The molecule has 0 saturated heterocycles. The van der Waals surface area contributed by atoms with Gasteiger partial charge in [-0.25, -0.2) is 9.18 Å². The number of aryl methyl sites for hydroxylation is 1. The standard InChI is InChI=1S/C15H13FO3/c1-10-5-6-14(13(7-10)15(17)18)19-9-11-3-2-4-12(16)8-11/h2-8H,9H2,1H3,(H,17,18). The van der Waals surface area contributed by atoms with Crippen molar-refractivity contribution in [2.24, 2.45) is 0 Å². The zero-order chi connectivity index (χ0) is 13.8. The molecule has 0 heterocycles. The summed E-state index contributed by atoms with van der Waals surface area (Å²) in [5.74, 6) is -1.11. The summed E-state index contributed by atoms with van der Waals surface area (Å²) >= 11 is 0. The van der Waals surface area contributed by atoms with E-state index in [-0.39, 0.29) is 23.7 Å². The van der Waals surface area contributed by atoms with E-state index < -0.39 is 5.97 Å². The molecule has 4 heteroatoms. The van der Waals surface area contributed by atoms with Crippen molar-refractivity contribution in [1.82, 2.24) is 0 Å². The number of hydrogen-bond acceptors (Lipinski definition) is 2. The van der Waals surface area contributed by atoms with Gasteiger partial charge in [0.25, 0.3) is 0 Å². The molecule has 0 fully saturated rings. The molecule has 0 atom stereocenters. The number of carbonyl (C=O) groups is 1. The van der Waals surface area contributed by atoms with Crippen LogP contribution in [0.1, 0.15) is 21.5 Å². The van der Waals surface area contributed by atoms with Gasteiger partial charge in [0.1, 0.15) is 23.7 Å². The lowest BCUT2D eigenvalue weighted by atomic mass is 10.1. The maximum absolute atomic E-state index is 13.0. The molecule has 3 nitrogen and oxygen atoms in total. The van der Waals surface area contributed by atoms with Gasteiger partial charge in [-0.3, -0.25) is 0 Å². The van der Waals surface area contributed by atoms with E-state index in [1.165, 1.54) is 12.1 Å². The van der Waals surface area contributed by atoms with Gasteiger partial charge in [-0.05, 0) is 36.8 Å². The molecule has 2 rings (SSSR count). The molecule has 2 aromatic rings. The Hall–Kier alpha value is -2.36. The van der Waals surface area contributed by atoms with Crippen LogP contribution in [0.2, 0.25) is 0 Å². The minimum Gasteiger partial charge on any atom is -0.488 e. The quantitative estimate of drug-likeness (QED) is 0.916. The average Bonchev–Trinajstić information content (AvgIpc) is 2.37. The third-order valence-electron chi connectivity index (χ3n) is 2.65. The normalized spacial score (nSPS) is 10.2. The SMILES string of the molecule is Cc1ccc(OCc2cccc(F)c2)c(C(=O)O)c1. The van der Waals surface area contributed by atoms with E-state index >= 15 is 0 Å². The van der Waals surface area contributed by atoms with E-state index in [9.17, 15) is 9.18 Å². The van der Waals surface area contributed by atoms with Crippen LogP contribution >= 0.6 is 0 Å². The predicted octanol–water partition coefficient (Wildman–Crippen LogP) is 3.41. The summed E-state index contributed by atoms with van der Waals surface area (Å²) in [6.07, 6.45) is 0. The minimum absolute atomic E-state index is 0.108. The summed E-state index contributed by atoms with van der Waals surface area (Å²) in [5.41, 5.74) is 1.60. The van der Waals surface area contributed by atoms with E-state index in [0.29, 0.717) is 5.56 Å². The maximum Gasteiger partial charge on any atom is 0.339 e. The highest BCUT2D eigenvalue weighted by Gasteiger charge is 2.11. The van der Waals surface area contributed by atoms with Gasteiger partial charge in [-0.1, -0.05) is 23.8 Å². The van der Waals surface area contributed by atoms with Gasteiger partial charge in [0.2, 0.25) is 0 Å². The van der Waals surface area contributed by atoms with Crippen LogP contribution in [-0.2, 0) is 6.61 Å². The fourth-order valence-corrected chi connectivity index (χ4v) is 1.72. The van der Waals surface area contributed by atoms with E-state index in [4.69, 9.17) is 9.84 Å². The first kappa shape index (κ1) is 13.1. The van der Waals surface area contributed by atoms with E-state index in [0.717, 1.165) is 5.56 Å². The molecule has 0 aliphatic heterocycles. The summed E-state index contributed by atoms with van der Waals surface area (Å²) in [6, 6.07) is 10.9. The topological polar surface area (TPSA) is 46.5 Å². The minimum atomic E-state index is -1.04. The second kappa shape index (κ2) is 5.52. The first-order valence-corrected chi connectivity index (χ1v) is 5.77. The molecule has 1 N–H and O–H groups in total. The zero-order valence-electron chi connectivity index (χ0n) is 10.4. The van der Waals surface area contributed by atoms with Gasteiger partial charge in [-0.2, -0.15) is 0 Å². The average molecular weight is 260 g/mol. The fraction of sp³-hybridized carbons (Fsp3) is 0.133. The number of hydrogen-bond donors (Lipinski definition) is 1. The number of ether oxygens (including phenoxy) is 1. The zero-order valence-corrected chi connectivity index (χ0v) is 10.4. The fourth-order valence-electron chi connectivity index (χ4n) is 1.72. The molecule has 0 radical (unpaired) electrons. The first-order chi connectivity index (χ1) is 9.06. The van der Waals surface area contributed by atoms with Crippen LogP contribution in [0.3, 0.4) is 0 Å². The van der Waals surface area contributed by atoms with Crippen molar-refractivity contribution in [2.75, 3.05) is 0 Å². The molecule has 2 aromatic carbocycles. The molecule has 0 saturated carbocycles. The van der Waals surface area contributed by atoms with Crippen LogP contribution in [-0.4, -0.2) is 11.1 Å². The van der Waals surface area contributed by atoms with Crippen molar-refractivity contribution >= 4 is 5.97 Å². The smallest absolute Gasteiger partial charge is 0.339 e. The Balaban J connectivity index is 2.17. The Morgan fingerprint density at radius 2 is 2.05 bits per heavy atom. The van der Waals surface area contributed by atoms with E-state index in [2.05, 4.69) is 0 Å². The number of carboxylic acid groups (broad SMARTS) is 1. The molecule has 0 aromatic heterocycles. The molecule has 0 aliphatic carbocycles. The van der Waals surface area contributed by atoms with Gasteiger partial charge < -0.3 is 9.84 Å². The van der Waals surface area contributed by atoms with Crippen LogP contribution in [0.4, 0.5) is 4.39 Å². The number of benzene rings is 2. The lowest BCUT2D eigenvalue weighted by Crippen LogP contribution is -2.04. The highest BCUT2D eigenvalue weighted by atomic mass is 19.1. The number of aromatic carboxylic acids is 1. The van der Waals surface area contributed by atoms with Gasteiger partial charge >= 0.3 is 5.97 Å². The van der Waals surface area contributed by atoms with Crippen molar-refractivity contribution in [3.8, 4) is 5.75 Å². The van der Waals surface area contributed by atoms with Gasteiger partial charge in [-0.15, -0.1) is 0 Å². The van der Waals surface area contributed by atoms with Crippen molar-refractivity contribution in [1.29, 1.82) is 0 Å². The van der Waals surface area contributed by atoms with Crippen LogP contribution in [0.5, 0.6) is 5.75 Å². The van der Waals surface area contributed by atoms with Crippen molar-refractivity contribution in [3.05, 3.63) is 65.0 Å². The Morgan fingerprint density at radius 1 is 1.26 bits per heavy atom. The lowest BCUT2D eigenvalue weighted by Gasteiger charge is -2.10.